The van der Waals surface area contributed by atoms with E-state index in [-0.39, 0.29) is 12.4 Å². The van der Waals surface area contributed by atoms with Gasteiger partial charge in [-0.2, -0.15) is 0 Å². The van der Waals surface area contributed by atoms with Gasteiger partial charge in [0.2, 0.25) is 0 Å². The Balaban J connectivity index is 1.94. The average Bonchev–Trinajstić information content (AvgIpc) is 2.41. The third-order valence-electron chi connectivity index (χ3n) is 3.09. The number of carbonyl (C=O) groups excluding carboxylic acids is 1. The van der Waals surface area contributed by atoms with Gasteiger partial charge in [-0.05, 0) is 43.2 Å². The molecule has 0 atom stereocenters. The van der Waals surface area contributed by atoms with Crippen LogP contribution in [0.2, 0.25) is 5.02 Å². The van der Waals surface area contributed by atoms with E-state index >= 15 is 0 Å². The van der Waals surface area contributed by atoms with Crippen LogP contribution in [-0.2, 0) is 11.2 Å². The van der Waals surface area contributed by atoms with Crippen molar-refractivity contribution in [2.75, 3.05) is 6.61 Å². The Bertz CT molecular complexity index is 620. The Morgan fingerprint density at radius 1 is 1.15 bits per heavy atom. The molecule has 104 valence electrons. The molecule has 0 spiro atoms. The van der Waals surface area contributed by atoms with Gasteiger partial charge in [0, 0.05) is 11.4 Å². The maximum Gasteiger partial charge on any atom is 0.174 e. The molecule has 0 unspecified atom stereocenters. The van der Waals surface area contributed by atoms with Crippen LogP contribution in [0.15, 0.2) is 42.5 Å². The molecule has 2 aromatic carbocycles. The lowest BCUT2D eigenvalue weighted by Crippen LogP contribution is -2.14. The van der Waals surface area contributed by atoms with Gasteiger partial charge in [0.25, 0.3) is 0 Å². The van der Waals surface area contributed by atoms with E-state index in [0.29, 0.717) is 17.2 Å². The van der Waals surface area contributed by atoms with Crippen molar-refractivity contribution < 1.29 is 9.53 Å². The molecule has 0 saturated heterocycles. The fourth-order valence-electron chi connectivity index (χ4n) is 1.97. The molecule has 0 bridgehead atoms. The van der Waals surface area contributed by atoms with Gasteiger partial charge in [-0.3, -0.25) is 4.79 Å². The van der Waals surface area contributed by atoms with E-state index in [4.69, 9.17) is 16.3 Å². The molecular formula is C17H17ClO2. The van der Waals surface area contributed by atoms with E-state index in [0.717, 1.165) is 16.7 Å². The summed E-state index contributed by atoms with van der Waals surface area (Å²) >= 11 is 5.86. The van der Waals surface area contributed by atoms with E-state index in [9.17, 15) is 4.79 Å². The minimum Gasteiger partial charge on any atom is -0.486 e. The maximum absolute atomic E-state index is 12.0. The molecule has 0 radical (unpaired) electrons. The van der Waals surface area contributed by atoms with Gasteiger partial charge in [-0.15, -0.1) is 0 Å². The van der Waals surface area contributed by atoms with Crippen LogP contribution in [0.3, 0.4) is 0 Å². The minimum absolute atomic E-state index is 0.0543. The molecule has 0 aliphatic heterocycles. The number of ether oxygens (including phenoxy) is 1. The van der Waals surface area contributed by atoms with Crippen LogP contribution >= 0.6 is 11.6 Å². The molecular weight excluding hydrogens is 272 g/mol. The molecule has 0 heterocycles. The largest absolute Gasteiger partial charge is 0.486 e. The summed E-state index contributed by atoms with van der Waals surface area (Å²) in [5.74, 6) is 0.672. The minimum atomic E-state index is 0.0543. The number of ketones is 1. The van der Waals surface area contributed by atoms with Gasteiger partial charge >= 0.3 is 0 Å². The van der Waals surface area contributed by atoms with Crippen LogP contribution in [0, 0.1) is 13.8 Å². The smallest absolute Gasteiger partial charge is 0.174 e. The van der Waals surface area contributed by atoms with Crippen LogP contribution < -0.4 is 4.74 Å². The molecule has 0 amide bonds. The Labute approximate surface area is 124 Å². The molecule has 0 saturated carbocycles. The first kappa shape index (κ1) is 14.6. The molecule has 3 heteroatoms. The Morgan fingerprint density at radius 2 is 1.95 bits per heavy atom. The Hall–Kier alpha value is -1.80. The number of rotatable bonds is 5. The molecule has 2 aromatic rings. The summed E-state index contributed by atoms with van der Waals surface area (Å²) in [4.78, 5) is 12.0. The van der Waals surface area contributed by atoms with Gasteiger partial charge in [0.15, 0.2) is 5.78 Å². The zero-order chi connectivity index (χ0) is 14.5. The van der Waals surface area contributed by atoms with E-state index in [1.807, 2.05) is 32.0 Å². The fraction of sp³-hybridized carbons (Fsp3) is 0.235. The Kier molecular flexibility index (Phi) is 4.80. The van der Waals surface area contributed by atoms with Crippen LogP contribution in [0.5, 0.6) is 5.75 Å². The second-order valence-electron chi connectivity index (χ2n) is 4.89. The summed E-state index contributed by atoms with van der Waals surface area (Å²) in [7, 11) is 0. The maximum atomic E-state index is 12.0. The SMILES string of the molecule is Cc1ccc(C)c(CC(=O)COc2cccc(Cl)c2)c1. The molecule has 0 aromatic heterocycles. The quantitative estimate of drug-likeness (QED) is 0.826. The number of benzene rings is 2. The van der Waals surface area contributed by atoms with Gasteiger partial charge in [-0.1, -0.05) is 41.4 Å². The van der Waals surface area contributed by atoms with Crippen LogP contribution in [0.25, 0.3) is 0 Å². The lowest BCUT2D eigenvalue weighted by molar-refractivity contribution is -0.120. The van der Waals surface area contributed by atoms with Crippen molar-refractivity contribution >= 4 is 17.4 Å². The predicted molar refractivity (Wildman–Crippen MR) is 81.6 cm³/mol. The zero-order valence-electron chi connectivity index (χ0n) is 11.7. The average molecular weight is 289 g/mol. The van der Waals surface area contributed by atoms with Crippen molar-refractivity contribution in [3.8, 4) is 5.75 Å². The van der Waals surface area contributed by atoms with Gasteiger partial charge in [0.1, 0.15) is 12.4 Å². The highest BCUT2D eigenvalue weighted by atomic mass is 35.5. The third-order valence-corrected chi connectivity index (χ3v) is 3.32. The van der Waals surface area contributed by atoms with Crippen molar-refractivity contribution in [1.82, 2.24) is 0 Å². The van der Waals surface area contributed by atoms with E-state index < -0.39 is 0 Å². The summed E-state index contributed by atoms with van der Waals surface area (Å²) in [5, 5.41) is 0.601. The molecule has 0 fully saturated rings. The molecule has 20 heavy (non-hydrogen) atoms. The van der Waals surface area contributed by atoms with Crippen molar-refractivity contribution in [2.24, 2.45) is 0 Å². The first-order chi connectivity index (χ1) is 9.54. The van der Waals surface area contributed by atoms with Crippen molar-refractivity contribution in [1.29, 1.82) is 0 Å². The second kappa shape index (κ2) is 6.58. The first-order valence-corrected chi connectivity index (χ1v) is 6.88. The summed E-state index contributed by atoms with van der Waals surface area (Å²) in [6.45, 7) is 4.10. The van der Waals surface area contributed by atoms with E-state index in [1.165, 1.54) is 0 Å². The van der Waals surface area contributed by atoms with Crippen molar-refractivity contribution in [3.63, 3.8) is 0 Å². The number of hydrogen-bond donors (Lipinski definition) is 0. The molecule has 0 aliphatic rings. The summed E-state index contributed by atoms with van der Waals surface area (Å²) < 4.78 is 5.46. The second-order valence-corrected chi connectivity index (χ2v) is 5.33. The number of halogens is 1. The third kappa shape index (κ3) is 4.10. The number of Topliss-reactive ketones (excluding diaryl/α,β-unsaturated/α-hetero) is 1. The lowest BCUT2D eigenvalue weighted by Gasteiger charge is -2.08. The monoisotopic (exact) mass is 288 g/mol. The van der Waals surface area contributed by atoms with Crippen molar-refractivity contribution in [3.05, 3.63) is 64.2 Å². The van der Waals surface area contributed by atoms with Gasteiger partial charge in [0.05, 0.1) is 0 Å². The van der Waals surface area contributed by atoms with Gasteiger partial charge < -0.3 is 4.74 Å². The molecule has 2 rings (SSSR count). The highest BCUT2D eigenvalue weighted by molar-refractivity contribution is 6.30. The van der Waals surface area contributed by atoms with E-state index in [2.05, 4.69) is 0 Å². The fourth-order valence-corrected chi connectivity index (χ4v) is 2.16. The van der Waals surface area contributed by atoms with Crippen molar-refractivity contribution in [2.45, 2.75) is 20.3 Å². The summed E-state index contributed by atoms with van der Waals surface area (Å²) in [5.41, 5.74) is 3.35. The molecule has 2 nitrogen and oxygen atoms in total. The highest BCUT2D eigenvalue weighted by Gasteiger charge is 2.07. The standard InChI is InChI=1S/C17H17ClO2/c1-12-6-7-13(2)14(8-12)9-16(19)11-20-17-5-3-4-15(18)10-17/h3-8,10H,9,11H2,1-2H3. The summed E-state index contributed by atoms with van der Waals surface area (Å²) in [6.07, 6.45) is 0.397. The van der Waals surface area contributed by atoms with Gasteiger partial charge in [-0.25, -0.2) is 0 Å². The van der Waals surface area contributed by atoms with E-state index in [1.54, 1.807) is 24.3 Å². The highest BCUT2D eigenvalue weighted by Crippen LogP contribution is 2.17. The normalized spacial score (nSPS) is 10.3. The van der Waals surface area contributed by atoms with Crippen LogP contribution in [0.1, 0.15) is 16.7 Å². The number of aryl methyl sites for hydroxylation is 2. The van der Waals surface area contributed by atoms with Crippen LogP contribution in [-0.4, -0.2) is 12.4 Å². The molecule has 0 N–H and O–H groups in total. The predicted octanol–water partition coefficient (Wildman–Crippen LogP) is 4.15. The summed E-state index contributed by atoms with van der Waals surface area (Å²) in [6, 6.07) is 13.2. The lowest BCUT2D eigenvalue weighted by atomic mass is 10.0. The first-order valence-electron chi connectivity index (χ1n) is 6.51. The number of hydrogen-bond acceptors (Lipinski definition) is 2. The zero-order valence-corrected chi connectivity index (χ0v) is 12.4. The van der Waals surface area contributed by atoms with Crippen LogP contribution in [0.4, 0.5) is 0 Å². The Morgan fingerprint density at radius 3 is 2.70 bits per heavy atom. The topological polar surface area (TPSA) is 26.3 Å². The number of carbonyl (C=O) groups is 1. The molecule has 0 aliphatic carbocycles.